The van der Waals surface area contributed by atoms with Gasteiger partial charge in [-0.3, -0.25) is 24.1 Å². The molecule has 0 radical (unpaired) electrons. The summed E-state index contributed by atoms with van der Waals surface area (Å²) in [6.45, 7) is 1.83. The van der Waals surface area contributed by atoms with Gasteiger partial charge in [-0.25, -0.2) is 4.90 Å². The van der Waals surface area contributed by atoms with Crippen LogP contribution in [0.15, 0.2) is 54.1 Å². The number of hydrogen-bond acceptors (Lipinski definition) is 7. The number of rotatable bonds is 5. The van der Waals surface area contributed by atoms with Crippen molar-refractivity contribution in [1.29, 1.82) is 0 Å². The lowest BCUT2D eigenvalue weighted by Gasteiger charge is -2.49. The van der Waals surface area contributed by atoms with E-state index >= 15 is 0 Å². The zero-order chi connectivity index (χ0) is 30.9. The Bertz CT molecular complexity index is 1550. The predicted octanol–water partition coefficient (Wildman–Crippen LogP) is 4.97. The largest absolute Gasteiger partial charge is 0.508 e. The number of imide groups is 2. The first-order valence-corrected chi connectivity index (χ1v) is 15.7. The quantitative estimate of drug-likeness (QED) is 0.382. The molecule has 2 saturated carbocycles. The minimum absolute atomic E-state index is 0.0615. The molecule has 6 unspecified atom stereocenters. The number of benzene rings is 2. The van der Waals surface area contributed by atoms with Gasteiger partial charge in [0.15, 0.2) is 0 Å². The average Bonchev–Trinajstić information content (AvgIpc) is 3.41. The van der Waals surface area contributed by atoms with Crippen LogP contribution < -0.4 is 14.4 Å². The number of hydrogen-bond donors (Lipinski definition) is 1. The molecule has 7 rings (SSSR count). The fraction of sp³-hybridized carbons (Fsp3) is 0.486. The molecule has 0 aromatic heterocycles. The molecule has 2 aromatic carbocycles. The number of anilines is 1. The lowest BCUT2D eigenvalue weighted by Crippen LogP contribution is -2.49. The monoisotopic (exact) mass is 598 g/mol. The Kier molecular flexibility index (Phi) is 6.83. The number of phenolic OH excluding ortho intramolecular Hbond substituents is 1. The third-order valence-corrected chi connectivity index (χ3v) is 11.1. The first kappa shape index (κ1) is 28.6. The van der Waals surface area contributed by atoms with Crippen LogP contribution in [0, 0.1) is 29.1 Å². The van der Waals surface area contributed by atoms with E-state index in [0.717, 1.165) is 37.7 Å². The van der Waals surface area contributed by atoms with Gasteiger partial charge in [0.2, 0.25) is 23.6 Å². The standard InChI is InChI=1S/C35H38N2O7/c1-35-25(32(40)37(34(35)42)20-12-8-5-9-13-20)18-24-22(30(35)29-26(43-2)16-21(38)17-27(29)44-3)14-15-23-28(24)33(41)36(31(23)39)19-10-6-4-7-11-19/h5,8-9,12-14,16-17,19,23-25,28,30,38H,4,6-7,10-11,15,18H2,1-3H3. The van der Waals surface area contributed by atoms with Crippen LogP contribution in [0.5, 0.6) is 17.2 Å². The normalized spacial score (nSPS) is 31.9. The third kappa shape index (κ3) is 3.90. The molecule has 4 amide bonds. The molecule has 2 aliphatic heterocycles. The maximum absolute atomic E-state index is 14.6. The highest BCUT2D eigenvalue weighted by molar-refractivity contribution is 6.24. The number of aromatic hydroxyl groups is 1. The second-order valence-electron chi connectivity index (χ2n) is 13.1. The summed E-state index contributed by atoms with van der Waals surface area (Å²) in [5, 5.41) is 10.5. The molecule has 0 spiro atoms. The van der Waals surface area contributed by atoms with E-state index in [4.69, 9.17) is 9.47 Å². The zero-order valence-corrected chi connectivity index (χ0v) is 25.3. The second-order valence-corrected chi connectivity index (χ2v) is 13.1. The van der Waals surface area contributed by atoms with Crippen molar-refractivity contribution in [3.05, 3.63) is 59.7 Å². The molecule has 9 heteroatoms. The van der Waals surface area contributed by atoms with Gasteiger partial charge in [-0.05, 0) is 50.7 Å². The van der Waals surface area contributed by atoms with E-state index in [1.807, 2.05) is 19.1 Å². The molecule has 2 aromatic rings. The van der Waals surface area contributed by atoms with E-state index < -0.39 is 35.0 Å². The van der Waals surface area contributed by atoms with Gasteiger partial charge in [-0.1, -0.05) is 49.1 Å². The molecule has 3 aliphatic carbocycles. The maximum Gasteiger partial charge on any atom is 0.241 e. The number of phenols is 1. The number of likely N-dealkylation sites (tertiary alicyclic amines) is 1. The van der Waals surface area contributed by atoms with E-state index in [9.17, 15) is 24.3 Å². The number of methoxy groups -OCH3 is 2. The number of allylic oxidation sites excluding steroid dienone is 2. The highest BCUT2D eigenvalue weighted by Crippen LogP contribution is 2.65. The Balaban J connectivity index is 1.40. The Morgan fingerprint density at radius 2 is 1.52 bits per heavy atom. The summed E-state index contributed by atoms with van der Waals surface area (Å²) in [6, 6.07) is 11.8. The summed E-state index contributed by atoms with van der Waals surface area (Å²) in [7, 11) is 2.98. The molecule has 9 nitrogen and oxygen atoms in total. The van der Waals surface area contributed by atoms with Gasteiger partial charge in [-0.15, -0.1) is 0 Å². The Morgan fingerprint density at radius 3 is 2.16 bits per heavy atom. The van der Waals surface area contributed by atoms with Crippen LogP contribution in [-0.4, -0.2) is 53.9 Å². The molecule has 44 heavy (non-hydrogen) atoms. The Hall–Kier alpha value is -4.14. The minimum atomic E-state index is -1.24. The van der Waals surface area contributed by atoms with E-state index in [-0.39, 0.29) is 41.8 Å². The van der Waals surface area contributed by atoms with Gasteiger partial charge in [0, 0.05) is 29.7 Å². The predicted molar refractivity (Wildman–Crippen MR) is 161 cm³/mol. The molecule has 230 valence electrons. The molecule has 1 N–H and O–H groups in total. The molecule has 6 atom stereocenters. The lowest BCUT2D eigenvalue weighted by molar-refractivity contribution is -0.144. The van der Waals surface area contributed by atoms with Gasteiger partial charge in [-0.2, -0.15) is 0 Å². The summed E-state index contributed by atoms with van der Waals surface area (Å²) in [5.41, 5.74) is 0.655. The highest BCUT2D eigenvalue weighted by Gasteiger charge is 2.68. The van der Waals surface area contributed by atoms with Crippen molar-refractivity contribution < 1.29 is 33.8 Å². The zero-order valence-electron chi connectivity index (χ0n) is 25.3. The topological polar surface area (TPSA) is 113 Å². The van der Waals surface area contributed by atoms with Crippen molar-refractivity contribution in [3.63, 3.8) is 0 Å². The van der Waals surface area contributed by atoms with E-state index in [0.29, 0.717) is 29.2 Å². The van der Waals surface area contributed by atoms with Crippen LogP contribution in [0.3, 0.4) is 0 Å². The smallest absolute Gasteiger partial charge is 0.241 e. The van der Waals surface area contributed by atoms with E-state index in [2.05, 4.69) is 0 Å². The number of carbonyl (C=O) groups is 4. The van der Waals surface area contributed by atoms with Crippen molar-refractivity contribution in [1.82, 2.24) is 4.90 Å². The molecular weight excluding hydrogens is 560 g/mol. The lowest BCUT2D eigenvalue weighted by atomic mass is 9.51. The number of carbonyl (C=O) groups excluding carboxylic acids is 4. The third-order valence-electron chi connectivity index (χ3n) is 11.1. The van der Waals surface area contributed by atoms with Gasteiger partial charge < -0.3 is 14.6 Å². The molecule has 2 saturated heterocycles. The fourth-order valence-corrected chi connectivity index (χ4v) is 9.08. The van der Waals surface area contributed by atoms with Crippen LogP contribution in [0.25, 0.3) is 0 Å². The van der Waals surface area contributed by atoms with Crippen LogP contribution in [0.4, 0.5) is 5.69 Å². The second kappa shape index (κ2) is 10.5. The number of amides is 4. The van der Waals surface area contributed by atoms with Crippen molar-refractivity contribution in [2.75, 3.05) is 19.1 Å². The molecule has 0 bridgehead atoms. The number of nitrogens with zero attached hydrogens (tertiary/aromatic N) is 2. The minimum Gasteiger partial charge on any atom is -0.508 e. The Morgan fingerprint density at radius 1 is 0.864 bits per heavy atom. The van der Waals surface area contributed by atoms with Crippen LogP contribution in [0.2, 0.25) is 0 Å². The average molecular weight is 599 g/mol. The van der Waals surface area contributed by atoms with Crippen molar-refractivity contribution >= 4 is 29.3 Å². The summed E-state index contributed by atoms with van der Waals surface area (Å²) >= 11 is 0. The van der Waals surface area contributed by atoms with E-state index in [1.165, 1.54) is 31.3 Å². The number of ether oxygens (including phenoxy) is 2. The van der Waals surface area contributed by atoms with Gasteiger partial charge in [0.05, 0.1) is 43.1 Å². The molecule has 4 fully saturated rings. The molecule has 5 aliphatic rings. The summed E-state index contributed by atoms with van der Waals surface area (Å²) in [6.07, 6.45) is 7.46. The van der Waals surface area contributed by atoms with Crippen molar-refractivity contribution in [2.45, 2.75) is 63.8 Å². The number of fused-ring (bicyclic) bond motifs is 4. The van der Waals surface area contributed by atoms with Crippen molar-refractivity contribution in [2.24, 2.45) is 29.1 Å². The summed E-state index contributed by atoms with van der Waals surface area (Å²) in [5.74, 6) is -3.26. The summed E-state index contributed by atoms with van der Waals surface area (Å²) < 4.78 is 11.6. The Labute approximate surface area is 256 Å². The van der Waals surface area contributed by atoms with Gasteiger partial charge >= 0.3 is 0 Å². The highest BCUT2D eigenvalue weighted by atomic mass is 16.5. The fourth-order valence-electron chi connectivity index (χ4n) is 9.08. The summed E-state index contributed by atoms with van der Waals surface area (Å²) in [4.78, 5) is 59.9. The van der Waals surface area contributed by atoms with Crippen LogP contribution in [-0.2, 0) is 19.2 Å². The first-order chi connectivity index (χ1) is 21.2. The van der Waals surface area contributed by atoms with Crippen LogP contribution >= 0.6 is 0 Å². The van der Waals surface area contributed by atoms with Gasteiger partial charge in [0.25, 0.3) is 0 Å². The van der Waals surface area contributed by atoms with Crippen LogP contribution in [0.1, 0.15) is 63.4 Å². The first-order valence-electron chi connectivity index (χ1n) is 15.7. The maximum atomic E-state index is 14.6. The van der Waals surface area contributed by atoms with E-state index in [1.54, 1.807) is 29.2 Å². The van der Waals surface area contributed by atoms with Crippen molar-refractivity contribution in [3.8, 4) is 17.2 Å². The SMILES string of the molecule is COc1cc(O)cc(OC)c1C1C2=CCC3C(=O)N(C4CCCCC4)C(=O)C3C2CC2C(=O)N(c3ccccc3)C(=O)C21C. The molecule has 2 heterocycles. The van der Waals surface area contributed by atoms with Gasteiger partial charge in [0.1, 0.15) is 17.2 Å². The number of para-hydroxylation sites is 1. The molecular formula is C35H38N2O7.